The van der Waals surface area contributed by atoms with Crippen LogP contribution in [0.5, 0.6) is 5.75 Å². The number of hydrogen-bond acceptors (Lipinski definition) is 3. The summed E-state index contributed by atoms with van der Waals surface area (Å²) in [4.78, 5) is 13.9. The number of carbonyl (C=O) groups excluding carboxylic acids is 1. The lowest BCUT2D eigenvalue weighted by molar-refractivity contribution is -0.134. The molecular formula is C18H17ClN2O2. The topological polar surface area (TPSA) is 53.3 Å². The third-order valence-corrected chi connectivity index (χ3v) is 3.90. The molecule has 1 unspecified atom stereocenters. The normalized spacial score (nSPS) is 11.4. The van der Waals surface area contributed by atoms with Gasteiger partial charge in [0, 0.05) is 12.1 Å². The molecule has 0 N–H and O–H groups in total. The van der Waals surface area contributed by atoms with Crippen molar-refractivity contribution in [3.05, 3.63) is 64.7 Å². The van der Waals surface area contributed by atoms with Crippen molar-refractivity contribution >= 4 is 17.5 Å². The largest absolute Gasteiger partial charge is 0.482 e. The van der Waals surface area contributed by atoms with E-state index in [0.717, 1.165) is 5.56 Å². The van der Waals surface area contributed by atoms with Gasteiger partial charge in [0.2, 0.25) is 0 Å². The lowest BCUT2D eigenvalue weighted by Gasteiger charge is -2.25. The second kappa shape index (κ2) is 7.66. The summed E-state index contributed by atoms with van der Waals surface area (Å²) >= 11 is 5.99. The molecule has 0 aliphatic rings. The van der Waals surface area contributed by atoms with Crippen LogP contribution in [-0.2, 0) is 4.79 Å². The zero-order chi connectivity index (χ0) is 16.8. The van der Waals surface area contributed by atoms with E-state index in [0.29, 0.717) is 16.3 Å². The number of nitrogens with zero attached hydrogens (tertiary/aromatic N) is 2. The number of halogens is 1. The van der Waals surface area contributed by atoms with Gasteiger partial charge in [0.1, 0.15) is 11.8 Å². The van der Waals surface area contributed by atoms with Gasteiger partial charge in [-0.05, 0) is 36.8 Å². The molecule has 2 rings (SSSR count). The molecule has 23 heavy (non-hydrogen) atoms. The molecule has 1 amide bonds. The summed E-state index contributed by atoms with van der Waals surface area (Å²) in [6, 6.07) is 16.2. The van der Waals surface area contributed by atoms with Crippen LogP contribution in [0.4, 0.5) is 0 Å². The molecular weight excluding hydrogens is 312 g/mol. The van der Waals surface area contributed by atoms with E-state index in [-0.39, 0.29) is 18.6 Å². The third-order valence-electron chi connectivity index (χ3n) is 3.66. The van der Waals surface area contributed by atoms with Crippen LogP contribution in [0.1, 0.15) is 24.1 Å². The molecule has 0 aliphatic carbocycles. The smallest absolute Gasteiger partial charge is 0.260 e. The minimum atomic E-state index is -0.176. The molecule has 0 bridgehead atoms. The zero-order valence-corrected chi connectivity index (χ0v) is 13.7. The maximum atomic E-state index is 12.3. The highest BCUT2D eigenvalue weighted by Crippen LogP contribution is 2.22. The molecule has 0 fully saturated rings. The standard InChI is InChI=1S/C18H17ClN2O2/c1-13(14-7-5-8-16(19)10-14)21(2)18(22)12-23-17-9-4-3-6-15(17)11-20/h3-10,13H,12H2,1-2H3. The van der Waals surface area contributed by atoms with E-state index < -0.39 is 0 Å². The summed E-state index contributed by atoms with van der Waals surface area (Å²) in [6.45, 7) is 1.80. The Kier molecular flexibility index (Phi) is 5.61. The predicted octanol–water partition coefficient (Wildman–Crippen LogP) is 3.81. The molecule has 118 valence electrons. The van der Waals surface area contributed by atoms with Crippen LogP contribution < -0.4 is 4.74 Å². The summed E-state index contributed by atoms with van der Waals surface area (Å²) in [7, 11) is 1.72. The minimum Gasteiger partial charge on any atom is -0.482 e. The van der Waals surface area contributed by atoms with Gasteiger partial charge in [0.15, 0.2) is 6.61 Å². The Labute approximate surface area is 140 Å². The van der Waals surface area contributed by atoms with Crippen molar-refractivity contribution in [2.24, 2.45) is 0 Å². The Morgan fingerprint density at radius 3 is 2.74 bits per heavy atom. The summed E-state index contributed by atoms with van der Waals surface area (Å²) in [5.41, 5.74) is 1.36. The van der Waals surface area contributed by atoms with Crippen LogP contribution in [0.15, 0.2) is 48.5 Å². The molecule has 0 spiro atoms. The van der Waals surface area contributed by atoms with Gasteiger partial charge in [-0.15, -0.1) is 0 Å². The molecule has 0 aromatic heterocycles. The quantitative estimate of drug-likeness (QED) is 0.838. The molecule has 4 nitrogen and oxygen atoms in total. The lowest BCUT2D eigenvalue weighted by atomic mass is 10.1. The minimum absolute atomic E-state index is 0.125. The van der Waals surface area contributed by atoms with Crippen molar-refractivity contribution in [1.82, 2.24) is 4.90 Å². The van der Waals surface area contributed by atoms with Gasteiger partial charge in [0.05, 0.1) is 11.6 Å². The van der Waals surface area contributed by atoms with Gasteiger partial charge >= 0.3 is 0 Å². The Balaban J connectivity index is 2.01. The maximum Gasteiger partial charge on any atom is 0.260 e. The van der Waals surface area contributed by atoms with Crippen molar-refractivity contribution in [1.29, 1.82) is 5.26 Å². The zero-order valence-electron chi connectivity index (χ0n) is 13.0. The first kappa shape index (κ1) is 16.9. The van der Waals surface area contributed by atoms with Crippen LogP contribution in [0, 0.1) is 11.3 Å². The Hall–Kier alpha value is -2.51. The van der Waals surface area contributed by atoms with Crippen LogP contribution >= 0.6 is 11.6 Å². The number of benzene rings is 2. The number of nitriles is 1. The molecule has 2 aromatic carbocycles. The highest BCUT2D eigenvalue weighted by atomic mass is 35.5. The third kappa shape index (κ3) is 4.24. The van der Waals surface area contributed by atoms with Crippen LogP contribution in [-0.4, -0.2) is 24.5 Å². The first-order valence-corrected chi connectivity index (χ1v) is 7.53. The van der Waals surface area contributed by atoms with Gasteiger partial charge in [-0.25, -0.2) is 0 Å². The fourth-order valence-electron chi connectivity index (χ4n) is 2.13. The Bertz CT molecular complexity index is 740. The SMILES string of the molecule is CC(c1cccc(Cl)c1)N(C)C(=O)COc1ccccc1C#N. The lowest BCUT2D eigenvalue weighted by Crippen LogP contribution is -2.33. The monoisotopic (exact) mass is 328 g/mol. The first-order valence-electron chi connectivity index (χ1n) is 7.16. The number of amides is 1. The van der Waals surface area contributed by atoms with E-state index in [1.807, 2.05) is 31.2 Å². The molecule has 0 aliphatic heterocycles. The predicted molar refractivity (Wildman–Crippen MR) is 89.3 cm³/mol. The van der Waals surface area contributed by atoms with Gasteiger partial charge in [-0.3, -0.25) is 4.79 Å². The van der Waals surface area contributed by atoms with E-state index in [4.69, 9.17) is 21.6 Å². The second-order valence-corrected chi connectivity index (χ2v) is 5.57. The summed E-state index contributed by atoms with van der Waals surface area (Å²) in [6.07, 6.45) is 0. The van der Waals surface area contributed by atoms with Crippen molar-refractivity contribution in [3.63, 3.8) is 0 Å². The van der Waals surface area contributed by atoms with Crippen molar-refractivity contribution in [3.8, 4) is 11.8 Å². The highest BCUT2D eigenvalue weighted by molar-refractivity contribution is 6.30. The van der Waals surface area contributed by atoms with Gasteiger partial charge < -0.3 is 9.64 Å². The number of carbonyl (C=O) groups is 1. The van der Waals surface area contributed by atoms with Gasteiger partial charge in [0.25, 0.3) is 5.91 Å². The van der Waals surface area contributed by atoms with E-state index in [2.05, 4.69) is 0 Å². The van der Waals surface area contributed by atoms with Crippen LogP contribution in [0.3, 0.4) is 0 Å². The van der Waals surface area contributed by atoms with Crippen LogP contribution in [0.2, 0.25) is 5.02 Å². The van der Waals surface area contributed by atoms with E-state index >= 15 is 0 Å². The average molecular weight is 329 g/mol. The van der Waals surface area contributed by atoms with E-state index in [1.165, 1.54) is 0 Å². The van der Waals surface area contributed by atoms with E-state index in [1.54, 1.807) is 42.3 Å². The van der Waals surface area contributed by atoms with E-state index in [9.17, 15) is 4.79 Å². The number of para-hydroxylation sites is 1. The van der Waals surface area contributed by atoms with Gasteiger partial charge in [-0.2, -0.15) is 5.26 Å². The summed E-state index contributed by atoms with van der Waals surface area (Å²) in [5.74, 6) is 0.234. The average Bonchev–Trinajstić information content (AvgIpc) is 2.58. The van der Waals surface area contributed by atoms with Crippen LogP contribution in [0.25, 0.3) is 0 Å². The first-order chi connectivity index (χ1) is 11.0. The molecule has 0 heterocycles. The molecule has 2 aromatic rings. The maximum absolute atomic E-state index is 12.3. The van der Waals surface area contributed by atoms with Gasteiger partial charge in [-0.1, -0.05) is 35.9 Å². The number of ether oxygens (including phenoxy) is 1. The molecule has 0 saturated carbocycles. The number of likely N-dealkylation sites (N-methyl/N-ethyl adjacent to an activating group) is 1. The van der Waals surface area contributed by atoms with Crippen molar-refractivity contribution in [2.45, 2.75) is 13.0 Å². The highest BCUT2D eigenvalue weighted by Gasteiger charge is 2.18. The van der Waals surface area contributed by atoms with Crippen molar-refractivity contribution < 1.29 is 9.53 Å². The second-order valence-electron chi connectivity index (χ2n) is 5.13. The summed E-state index contributed by atoms with van der Waals surface area (Å²) < 4.78 is 5.48. The molecule has 0 saturated heterocycles. The molecule has 0 radical (unpaired) electrons. The number of hydrogen-bond donors (Lipinski definition) is 0. The Morgan fingerprint density at radius 2 is 2.04 bits per heavy atom. The van der Waals surface area contributed by atoms with Crippen molar-refractivity contribution in [2.75, 3.05) is 13.7 Å². The fraction of sp³-hybridized carbons (Fsp3) is 0.222. The number of rotatable bonds is 5. The molecule has 5 heteroatoms. The summed E-state index contributed by atoms with van der Waals surface area (Å²) in [5, 5.41) is 9.65. The fourth-order valence-corrected chi connectivity index (χ4v) is 2.33. The Morgan fingerprint density at radius 1 is 1.30 bits per heavy atom. The molecule has 1 atom stereocenters.